The maximum absolute atomic E-state index is 13.4. The molecule has 1 N–H and O–H groups in total. The van der Waals surface area contributed by atoms with Gasteiger partial charge in [-0.1, -0.05) is 6.07 Å². The summed E-state index contributed by atoms with van der Waals surface area (Å²) in [4.78, 5) is 4.72. The zero-order chi connectivity index (χ0) is 18.4. The third-order valence-electron chi connectivity index (χ3n) is 5.45. The molecule has 27 heavy (non-hydrogen) atoms. The van der Waals surface area contributed by atoms with Gasteiger partial charge in [0.1, 0.15) is 5.75 Å². The highest BCUT2D eigenvalue weighted by atomic mass is 32.2. The van der Waals surface area contributed by atoms with E-state index in [1.54, 1.807) is 30.6 Å². The average Bonchev–Trinajstić information content (AvgIpc) is 3.41. The quantitative estimate of drug-likeness (QED) is 0.749. The summed E-state index contributed by atoms with van der Waals surface area (Å²) in [7, 11) is -3.72. The topological polar surface area (TPSA) is 73.2 Å². The molecule has 2 aromatic heterocycles. The first-order chi connectivity index (χ1) is 13.1. The van der Waals surface area contributed by atoms with Crippen molar-refractivity contribution in [3.8, 4) is 5.75 Å². The van der Waals surface area contributed by atoms with Gasteiger partial charge in [0.25, 0.3) is 10.0 Å². The fourth-order valence-corrected chi connectivity index (χ4v) is 5.46. The van der Waals surface area contributed by atoms with Crippen molar-refractivity contribution >= 4 is 21.1 Å². The molecule has 0 amide bonds. The zero-order valence-electron chi connectivity index (χ0n) is 14.9. The molecule has 0 spiro atoms. The Kier molecular flexibility index (Phi) is 3.94. The number of pyridine rings is 1. The second kappa shape index (κ2) is 6.35. The Labute approximate surface area is 158 Å². The van der Waals surface area contributed by atoms with Gasteiger partial charge in [-0.15, -0.1) is 0 Å². The molecule has 2 aliphatic heterocycles. The number of nitrogens with one attached hydrogen (secondary N) is 1. The summed E-state index contributed by atoms with van der Waals surface area (Å²) in [5.41, 5.74) is 3.39. The Morgan fingerprint density at radius 2 is 2.22 bits per heavy atom. The maximum Gasteiger partial charge on any atom is 0.268 e. The summed E-state index contributed by atoms with van der Waals surface area (Å²) in [5, 5.41) is 3.47. The van der Waals surface area contributed by atoms with E-state index in [0.717, 1.165) is 48.9 Å². The van der Waals surface area contributed by atoms with Gasteiger partial charge in [0.05, 0.1) is 22.5 Å². The summed E-state index contributed by atoms with van der Waals surface area (Å²) in [6, 6.07) is 9.12. The van der Waals surface area contributed by atoms with E-state index in [1.807, 2.05) is 12.1 Å². The smallest absolute Gasteiger partial charge is 0.268 e. The lowest BCUT2D eigenvalue weighted by Gasteiger charge is -2.09. The van der Waals surface area contributed by atoms with Gasteiger partial charge in [-0.25, -0.2) is 12.4 Å². The van der Waals surface area contributed by atoms with Gasteiger partial charge in [-0.2, -0.15) is 0 Å². The molecule has 5 rings (SSSR count). The van der Waals surface area contributed by atoms with E-state index in [1.165, 1.54) is 3.97 Å². The van der Waals surface area contributed by atoms with Gasteiger partial charge < -0.3 is 10.1 Å². The van der Waals surface area contributed by atoms with Crippen molar-refractivity contribution < 1.29 is 13.2 Å². The molecule has 1 atom stereocenters. The second-order valence-electron chi connectivity index (χ2n) is 7.19. The van der Waals surface area contributed by atoms with Crippen LogP contribution in [0.3, 0.4) is 0 Å². The van der Waals surface area contributed by atoms with E-state index < -0.39 is 10.0 Å². The largest absolute Gasteiger partial charge is 0.493 e. The molecule has 1 aromatic carbocycles. The van der Waals surface area contributed by atoms with Crippen LogP contribution in [0.2, 0.25) is 0 Å². The van der Waals surface area contributed by atoms with Gasteiger partial charge in [0, 0.05) is 30.9 Å². The molecule has 0 bridgehead atoms. The highest BCUT2D eigenvalue weighted by molar-refractivity contribution is 7.90. The van der Waals surface area contributed by atoms with Gasteiger partial charge in [-0.05, 0) is 55.1 Å². The van der Waals surface area contributed by atoms with Crippen molar-refractivity contribution in [3.63, 3.8) is 0 Å². The van der Waals surface area contributed by atoms with Crippen LogP contribution in [0.15, 0.2) is 47.6 Å². The Morgan fingerprint density at radius 1 is 1.30 bits per heavy atom. The van der Waals surface area contributed by atoms with Crippen LogP contribution in [0.1, 0.15) is 24.0 Å². The van der Waals surface area contributed by atoms with E-state index in [-0.39, 0.29) is 4.90 Å². The molecule has 140 valence electrons. The molecule has 4 heterocycles. The molecule has 2 aliphatic rings. The van der Waals surface area contributed by atoms with Gasteiger partial charge in [-0.3, -0.25) is 4.98 Å². The van der Waals surface area contributed by atoms with Crippen molar-refractivity contribution in [2.45, 2.75) is 36.6 Å². The Bertz CT molecular complexity index is 1110. The van der Waals surface area contributed by atoms with Crippen molar-refractivity contribution in [1.29, 1.82) is 0 Å². The summed E-state index contributed by atoms with van der Waals surface area (Å²) in [6.45, 7) is 1.62. The molecule has 1 fully saturated rings. The molecule has 6 nitrogen and oxygen atoms in total. The first-order valence-corrected chi connectivity index (χ1v) is 10.8. The van der Waals surface area contributed by atoms with Gasteiger partial charge in [0.15, 0.2) is 0 Å². The minimum Gasteiger partial charge on any atom is -0.493 e. The lowest BCUT2D eigenvalue weighted by Crippen LogP contribution is -2.23. The lowest BCUT2D eigenvalue weighted by molar-refractivity contribution is 0.356. The number of rotatable bonds is 4. The lowest BCUT2D eigenvalue weighted by atomic mass is 10.1. The molecule has 0 radical (unpaired) electrons. The SMILES string of the molecule is O=S(=O)(c1ccc2c(c1)OCC2)n1cc(C[C@@H]2CCCN2)c2ncccc21. The number of ether oxygens (including phenoxy) is 1. The molecule has 0 unspecified atom stereocenters. The van der Waals surface area contributed by atoms with Crippen LogP contribution >= 0.6 is 0 Å². The minimum absolute atomic E-state index is 0.245. The Morgan fingerprint density at radius 3 is 3.07 bits per heavy atom. The van der Waals surface area contributed by atoms with Gasteiger partial charge >= 0.3 is 0 Å². The van der Waals surface area contributed by atoms with Crippen molar-refractivity contribution in [3.05, 3.63) is 53.9 Å². The molecule has 7 heteroatoms. The molecule has 3 aromatic rings. The van der Waals surface area contributed by atoms with E-state index in [2.05, 4.69) is 10.3 Å². The van der Waals surface area contributed by atoms with Crippen molar-refractivity contribution in [2.24, 2.45) is 0 Å². The summed E-state index contributed by atoms with van der Waals surface area (Å²) in [5.74, 6) is 0.668. The van der Waals surface area contributed by atoms with E-state index in [4.69, 9.17) is 4.74 Å². The molecular weight excluding hydrogens is 362 g/mol. The fraction of sp³-hybridized carbons (Fsp3) is 0.350. The summed E-state index contributed by atoms with van der Waals surface area (Å²) < 4.78 is 33.7. The second-order valence-corrected chi connectivity index (χ2v) is 9.01. The third-order valence-corrected chi connectivity index (χ3v) is 7.12. The Hall–Kier alpha value is -2.38. The standard InChI is InChI=1S/C20H21N3O3S/c24-27(25,17-6-5-14-7-10-26-19(14)12-17)23-13-15(11-16-3-1-8-21-16)20-18(23)4-2-9-22-20/h2,4-6,9,12-13,16,21H,1,3,7-8,10-11H2/t16-/m0/s1. The van der Waals surface area contributed by atoms with Crippen LogP contribution in [0.25, 0.3) is 11.0 Å². The number of aromatic nitrogens is 2. The predicted octanol–water partition coefficient (Wildman–Crippen LogP) is 2.50. The first kappa shape index (κ1) is 16.8. The number of fused-ring (bicyclic) bond motifs is 2. The first-order valence-electron chi connectivity index (χ1n) is 9.32. The number of benzene rings is 1. The minimum atomic E-state index is -3.72. The normalized spacial score (nSPS) is 19.3. The number of hydrogen-bond donors (Lipinski definition) is 1. The van der Waals surface area contributed by atoms with Crippen LogP contribution in [-0.4, -0.2) is 36.6 Å². The van der Waals surface area contributed by atoms with E-state index >= 15 is 0 Å². The van der Waals surface area contributed by atoms with Crippen molar-refractivity contribution in [1.82, 2.24) is 14.3 Å². The van der Waals surface area contributed by atoms with Crippen molar-refractivity contribution in [2.75, 3.05) is 13.2 Å². The monoisotopic (exact) mass is 383 g/mol. The van der Waals surface area contributed by atoms with Gasteiger partial charge in [0.2, 0.25) is 0 Å². The maximum atomic E-state index is 13.4. The third kappa shape index (κ3) is 2.82. The molecule has 1 saturated heterocycles. The highest BCUT2D eigenvalue weighted by Gasteiger charge is 2.25. The zero-order valence-corrected chi connectivity index (χ0v) is 15.7. The number of nitrogens with zero attached hydrogens (tertiary/aromatic N) is 2. The highest BCUT2D eigenvalue weighted by Crippen LogP contribution is 2.31. The average molecular weight is 383 g/mol. The predicted molar refractivity (Wildman–Crippen MR) is 103 cm³/mol. The van der Waals surface area contributed by atoms with Crippen LogP contribution in [-0.2, 0) is 22.9 Å². The summed E-state index contributed by atoms with van der Waals surface area (Å²) >= 11 is 0. The molecule has 0 saturated carbocycles. The van der Waals surface area contributed by atoms with E-state index in [0.29, 0.717) is 23.9 Å². The Balaban J connectivity index is 1.61. The van der Waals surface area contributed by atoms with Crippen LogP contribution in [0.4, 0.5) is 0 Å². The molecule has 0 aliphatic carbocycles. The van der Waals surface area contributed by atoms with Crippen LogP contribution in [0.5, 0.6) is 5.75 Å². The molecular formula is C20H21N3O3S. The van der Waals surface area contributed by atoms with Crippen LogP contribution < -0.4 is 10.1 Å². The fourth-order valence-electron chi connectivity index (χ4n) is 4.06. The number of hydrogen-bond acceptors (Lipinski definition) is 5. The summed E-state index contributed by atoms with van der Waals surface area (Å²) in [6.07, 6.45) is 7.32. The van der Waals surface area contributed by atoms with Crippen LogP contribution in [0, 0.1) is 0 Å². The van der Waals surface area contributed by atoms with E-state index in [9.17, 15) is 8.42 Å².